The van der Waals surface area contributed by atoms with Gasteiger partial charge in [-0.05, 0) is 82.9 Å². The zero-order chi connectivity index (χ0) is 38.2. The number of nitrogens with zero attached hydrogens (tertiary/aromatic N) is 2. The van der Waals surface area contributed by atoms with Crippen LogP contribution in [0.4, 0.5) is 17.1 Å². The van der Waals surface area contributed by atoms with Crippen molar-refractivity contribution in [2.45, 2.75) is 0 Å². The van der Waals surface area contributed by atoms with E-state index in [1.807, 2.05) is 17.4 Å². The highest BCUT2D eigenvalue weighted by atomic mass is 32.1. The van der Waals surface area contributed by atoms with Gasteiger partial charge >= 0.3 is 0 Å². The van der Waals surface area contributed by atoms with E-state index < -0.39 is 0 Å². The van der Waals surface area contributed by atoms with E-state index in [-0.39, 0.29) is 0 Å². The maximum absolute atomic E-state index is 6.54. The first-order valence-corrected chi connectivity index (χ1v) is 20.5. The van der Waals surface area contributed by atoms with E-state index in [1.165, 1.54) is 64.2 Å². The highest BCUT2D eigenvalue weighted by molar-refractivity contribution is 7.26. The fourth-order valence-electron chi connectivity index (χ4n) is 9.03. The average Bonchev–Trinajstić information content (AvgIpc) is 3.97. The second-order valence-corrected chi connectivity index (χ2v) is 15.9. The smallest absolute Gasteiger partial charge is 0.137 e. The molecule has 0 amide bonds. The Hall–Kier alpha value is -7.40. The number of hydrogen-bond donors (Lipinski definition) is 0. The van der Waals surface area contributed by atoms with Crippen molar-refractivity contribution < 1.29 is 4.42 Å². The Balaban J connectivity index is 1.18. The Bertz CT molecular complexity index is 3470. The van der Waals surface area contributed by atoms with Gasteiger partial charge in [0.15, 0.2) is 0 Å². The number of furan rings is 1. The normalized spacial score (nSPS) is 11.8. The van der Waals surface area contributed by atoms with Gasteiger partial charge in [-0.2, -0.15) is 0 Å². The quantitative estimate of drug-likeness (QED) is 0.168. The van der Waals surface area contributed by atoms with Crippen LogP contribution in [0.3, 0.4) is 0 Å². The highest BCUT2D eigenvalue weighted by Crippen LogP contribution is 2.51. The molecule has 4 heteroatoms. The van der Waals surface area contributed by atoms with Gasteiger partial charge in [-0.15, -0.1) is 11.3 Å². The molecule has 0 atom stereocenters. The summed E-state index contributed by atoms with van der Waals surface area (Å²) in [6, 6.07) is 74.4. The molecule has 58 heavy (non-hydrogen) atoms. The molecule has 9 aromatic carbocycles. The van der Waals surface area contributed by atoms with Gasteiger partial charge < -0.3 is 13.9 Å². The van der Waals surface area contributed by atoms with Crippen molar-refractivity contribution in [2.24, 2.45) is 0 Å². The summed E-state index contributed by atoms with van der Waals surface area (Å²) in [7, 11) is 0. The first kappa shape index (κ1) is 32.8. The number of thiophene rings is 1. The van der Waals surface area contributed by atoms with Crippen LogP contribution in [0.25, 0.3) is 91.9 Å². The molecule has 0 radical (unpaired) electrons. The molecule has 0 fully saturated rings. The van der Waals surface area contributed by atoms with Gasteiger partial charge in [0.05, 0.1) is 27.8 Å². The minimum Gasteiger partial charge on any atom is -0.456 e. The van der Waals surface area contributed by atoms with Crippen LogP contribution in [-0.2, 0) is 0 Å². The maximum atomic E-state index is 6.54. The van der Waals surface area contributed by atoms with E-state index in [2.05, 4.69) is 210 Å². The molecule has 3 nitrogen and oxygen atoms in total. The first-order valence-electron chi connectivity index (χ1n) is 19.7. The fourth-order valence-corrected chi connectivity index (χ4v) is 10.3. The van der Waals surface area contributed by atoms with E-state index in [0.717, 1.165) is 44.7 Å². The van der Waals surface area contributed by atoms with Crippen LogP contribution < -0.4 is 4.90 Å². The second-order valence-electron chi connectivity index (χ2n) is 14.9. The number of hydrogen-bond acceptors (Lipinski definition) is 3. The van der Waals surface area contributed by atoms with Crippen LogP contribution in [-0.4, -0.2) is 4.57 Å². The summed E-state index contributed by atoms with van der Waals surface area (Å²) in [4.78, 5) is 2.47. The zero-order valence-electron chi connectivity index (χ0n) is 31.3. The third-order valence-corrected chi connectivity index (χ3v) is 12.8. The van der Waals surface area contributed by atoms with Gasteiger partial charge in [0.2, 0.25) is 0 Å². The van der Waals surface area contributed by atoms with E-state index >= 15 is 0 Å². The topological polar surface area (TPSA) is 21.3 Å². The molecule has 0 bridgehead atoms. The Kier molecular flexibility index (Phi) is 7.40. The van der Waals surface area contributed by atoms with Crippen LogP contribution in [0.5, 0.6) is 0 Å². The molecule has 0 aliphatic carbocycles. The van der Waals surface area contributed by atoms with Crippen LogP contribution in [0.2, 0.25) is 0 Å². The molecule has 0 unspecified atom stereocenters. The van der Waals surface area contributed by atoms with Crippen molar-refractivity contribution in [3.8, 4) is 27.9 Å². The van der Waals surface area contributed by atoms with Crippen molar-refractivity contribution in [2.75, 3.05) is 4.90 Å². The lowest BCUT2D eigenvalue weighted by Gasteiger charge is -2.28. The monoisotopic (exact) mass is 758 g/mol. The minimum absolute atomic E-state index is 0.863. The molecule has 3 heterocycles. The van der Waals surface area contributed by atoms with Crippen LogP contribution >= 0.6 is 11.3 Å². The average molecular weight is 759 g/mol. The van der Waals surface area contributed by atoms with E-state index in [0.29, 0.717) is 0 Å². The van der Waals surface area contributed by atoms with Gasteiger partial charge in [0.1, 0.15) is 11.2 Å². The maximum Gasteiger partial charge on any atom is 0.137 e. The molecule has 0 aliphatic heterocycles. The molecular formula is C54H34N2OS. The molecule has 12 aromatic rings. The summed E-state index contributed by atoms with van der Waals surface area (Å²) >= 11 is 1.88. The van der Waals surface area contributed by atoms with Crippen molar-refractivity contribution >= 4 is 92.3 Å². The van der Waals surface area contributed by atoms with Gasteiger partial charge in [0, 0.05) is 47.7 Å². The molecular weight excluding hydrogens is 725 g/mol. The molecule has 0 spiro atoms. The molecule has 0 saturated carbocycles. The number of fused-ring (bicyclic) bond motifs is 9. The largest absolute Gasteiger partial charge is 0.456 e. The van der Waals surface area contributed by atoms with Crippen molar-refractivity contribution in [1.82, 2.24) is 4.57 Å². The molecule has 272 valence electrons. The van der Waals surface area contributed by atoms with Crippen molar-refractivity contribution in [3.05, 3.63) is 206 Å². The van der Waals surface area contributed by atoms with Gasteiger partial charge in [-0.3, -0.25) is 0 Å². The van der Waals surface area contributed by atoms with Crippen molar-refractivity contribution in [3.63, 3.8) is 0 Å². The predicted molar refractivity (Wildman–Crippen MR) is 247 cm³/mol. The van der Waals surface area contributed by atoms with Crippen LogP contribution in [0, 0.1) is 0 Å². The Labute approximate surface area is 338 Å². The number of anilines is 3. The Morgan fingerprint density at radius 1 is 0.414 bits per heavy atom. The number of para-hydroxylation sites is 3. The van der Waals surface area contributed by atoms with Gasteiger partial charge in [-0.1, -0.05) is 146 Å². The first-order chi connectivity index (χ1) is 28.8. The third kappa shape index (κ3) is 5.05. The minimum atomic E-state index is 0.863. The van der Waals surface area contributed by atoms with Gasteiger partial charge in [0.25, 0.3) is 0 Å². The lowest BCUT2D eigenvalue weighted by molar-refractivity contribution is 0.669. The second kappa shape index (κ2) is 13.1. The predicted octanol–water partition coefficient (Wildman–Crippen LogP) is 15.9. The molecule has 12 rings (SSSR count). The molecule has 0 saturated heterocycles. The third-order valence-electron chi connectivity index (χ3n) is 11.6. The lowest BCUT2D eigenvalue weighted by Crippen LogP contribution is -2.11. The summed E-state index contributed by atoms with van der Waals surface area (Å²) in [5.74, 6) is 0. The summed E-state index contributed by atoms with van der Waals surface area (Å²) in [5, 5.41) is 7.14. The summed E-state index contributed by atoms with van der Waals surface area (Å²) in [6.07, 6.45) is 0. The Morgan fingerprint density at radius 2 is 1.05 bits per heavy atom. The number of benzene rings is 9. The summed E-state index contributed by atoms with van der Waals surface area (Å²) in [6.45, 7) is 0. The zero-order valence-corrected chi connectivity index (χ0v) is 32.2. The SMILES string of the molecule is c1ccc(-c2ccc3c(c2)sc2c(-c4ccccc4)ccc(N(c4cccc(-n5c6ccccc6c6ccccc65)c4)c4cccc5oc6ccccc6c45)c23)cc1. The Morgan fingerprint density at radius 3 is 1.83 bits per heavy atom. The number of rotatable bonds is 6. The molecule has 3 aromatic heterocycles. The fraction of sp³-hybridized carbons (Fsp3) is 0. The molecule has 0 N–H and O–H groups in total. The highest BCUT2D eigenvalue weighted by Gasteiger charge is 2.25. The lowest BCUT2D eigenvalue weighted by atomic mass is 9.98. The van der Waals surface area contributed by atoms with E-state index in [1.54, 1.807) is 0 Å². The van der Waals surface area contributed by atoms with E-state index in [9.17, 15) is 0 Å². The van der Waals surface area contributed by atoms with Crippen molar-refractivity contribution in [1.29, 1.82) is 0 Å². The summed E-state index contributed by atoms with van der Waals surface area (Å²) in [5.41, 5.74) is 13.3. The standard InChI is InChI=1S/C54H34N2OS/c1-3-15-35(16-4-1)37-29-30-44-51(33-37)58-54-40(36-17-5-2-6-18-36)31-32-48(53(44)54)56(47-26-14-28-50-52(47)43-23-9-12-27-49(43)57-50)39-20-13-19-38(34-39)55-45-24-10-7-21-41(45)42-22-8-11-25-46(42)55/h1-34H. The van der Waals surface area contributed by atoms with Gasteiger partial charge in [-0.25, -0.2) is 0 Å². The number of aromatic nitrogens is 1. The molecule has 0 aliphatic rings. The van der Waals surface area contributed by atoms with Crippen LogP contribution in [0.1, 0.15) is 0 Å². The van der Waals surface area contributed by atoms with Crippen LogP contribution in [0.15, 0.2) is 211 Å². The summed E-state index contributed by atoms with van der Waals surface area (Å²) < 4.78 is 11.5. The van der Waals surface area contributed by atoms with E-state index in [4.69, 9.17) is 4.42 Å².